The van der Waals surface area contributed by atoms with E-state index in [1.807, 2.05) is 20.8 Å². The SMILES string of the molecule is Cc1ccc(S(=O)(=O)N[C@@H](CC(C)C)C(=O)N[C@H](C)c2ccc(S(N)(=O)=O)cc2)cc1. The van der Waals surface area contributed by atoms with Crippen LogP contribution in [-0.2, 0) is 24.8 Å². The summed E-state index contributed by atoms with van der Waals surface area (Å²) in [7, 11) is -7.69. The molecule has 10 heteroatoms. The van der Waals surface area contributed by atoms with Crippen LogP contribution in [0.2, 0.25) is 0 Å². The predicted molar refractivity (Wildman–Crippen MR) is 119 cm³/mol. The first kappa shape index (κ1) is 25.0. The van der Waals surface area contributed by atoms with E-state index in [-0.39, 0.29) is 15.7 Å². The third-order valence-corrected chi connectivity index (χ3v) is 7.14. The Labute approximate surface area is 184 Å². The number of sulfonamides is 2. The number of carbonyl (C=O) groups is 1. The molecule has 0 unspecified atom stereocenters. The fourth-order valence-corrected chi connectivity index (χ4v) is 4.72. The van der Waals surface area contributed by atoms with Gasteiger partial charge < -0.3 is 5.32 Å². The highest BCUT2D eigenvalue weighted by Gasteiger charge is 2.27. The van der Waals surface area contributed by atoms with Crippen molar-refractivity contribution in [1.29, 1.82) is 0 Å². The number of hydrogen-bond acceptors (Lipinski definition) is 5. The lowest BCUT2D eigenvalue weighted by Gasteiger charge is -2.23. The van der Waals surface area contributed by atoms with E-state index < -0.39 is 38.0 Å². The summed E-state index contributed by atoms with van der Waals surface area (Å²) in [5.41, 5.74) is 1.59. The molecule has 0 aliphatic heterocycles. The number of primary sulfonamides is 1. The molecule has 2 rings (SSSR count). The maximum Gasteiger partial charge on any atom is 0.241 e. The van der Waals surface area contributed by atoms with Gasteiger partial charge >= 0.3 is 0 Å². The van der Waals surface area contributed by atoms with Gasteiger partial charge in [-0.25, -0.2) is 22.0 Å². The minimum atomic E-state index is -3.88. The fourth-order valence-electron chi connectivity index (χ4n) is 3.00. The van der Waals surface area contributed by atoms with Crippen LogP contribution in [-0.4, -0.2) is 28.8 Å². The Morgan fingerprint density at radius 3 is 1.90 bits per heavy atom. The number of nitrogens with one attached hydrogen (secondary N) is 2. The molecule has 31 heavy (non-hydrogen) atoms. The summed E-state index contributed by atoms with van der Waals surface area (Å²) >= 11 is 0. The minimum absolute atomic E-state index is 0.0293. The molecule has 0 aliphatic rings. The van der Waals surface area contributed by atoms with Crippen molar-refractivity contribution in [1.82, 2.24) is 10.0 Å². The molecule has 2 aromatic rings. The van der Waals surface area contributed by atoms with Gasteiger partial charge in [-0.05, 0) is 56.0 Å². The Morgan fingerprint density at radius 1 is 0.903 bits per heavy atom. The summed E-state index contributed by atoms with van der Waals surface area (Å²) in [5, 5.41) is 7.90. The number of carbonyl (C=O) groups excluding carboxylic acids is 1. The molecule has 2 atom stereocenters. The standard InChI is InChI=1S/C21H29N3O5S2/c1-14(2)13-20(24-31(28,29)19-9-5-15(3)6-10-19)21(25)23-16(4)17-7-11-18(12-8-17)30(22,26)27/h5-12,14,16,20,24H,13H2,1-4H3,(H,23,25)(H2,22,26,27)/t16-,20+/m1/s1. The molecule has 0 aromatic heterocycles. The van der Waals surface area contributed by atoms with Crippen molar-refractivity contribution in [2.45, 2.75) is 56.0 Å². The zero-order valence-corrected chi connectivity index (χ0v) is 19.6. The van der Waals surface area contributed by atoms with Gasteiger partial charge in [-0.1, -0.05) is 43.7 Å². The van der Waals surface area contributed by atoms with E-state index >= 15 is 0 Å². The number of hydrogen-bond donors (Lipinski definition) is 3. The molecule has 0 aliphatic carbocycles. The molecule has 0 saturated heterocycles. The van der Waals surface area contributed by atoms with E-state index in [0.717, 1.165) is 5.56 Å². The lowest BCUT2D eigenvalue weighted by molar-refractivity contribution is -0.123. The van der Waals surface area contributed by atoms with Crippen LogP contribution in [0, 0.1) is 12.8 Å². The summed E-state index contributed by atoms with van der Waals surface area (Å²) in [6.07, 6.45) is 0.313. The molecule has 170 valence electrons. The number of amides is 1. The van der Waals surface area contributed by atoms with Crippen LogP contribution in [0.5, 0.6) is 0 Å². The van der Waals surface area contributed by atoms with Crippen LogP contribution in [0.4, 0.5) is 0 Å². The maximum absolute atomic E-state index is 12.9. The molecule has 8 nitrogen and oxygen atoms in total. The van der Waals surface area contributed by atoms with Gasteiger partial charge in [0.25, 0.3) is 0 Å². The first-order valence-corrected chi connectivity index (χ1v) is 12.8. The van der Waals surface area contributed by atoms with Gasteiger partial charge in [0.05, 0.1) is 15.8 Å². The molecule has 0 saturated carbocycles. The summed E-state index contributed by atoms with van der Waals surface area (Å²) in [4.78, 5) is 13.0. The maximum atomic E-state index is 12.9. The molecule has 1 amide bonds. The molecule has 0 heterocycles. The molecule has 2 aromatic carbocycles. The zero-order chi connectivity index (χ0) is 23.4. The minimum Gasteiger partial charge on any atom is -0.348 e. The second kappa shape index (κ2) is 9.90. The average Bonchev–Trinajstić information content (AvgIpc) is 2.66. The summed E-state index contributed by atoms with van der Waals surface area (Å²) < 4.78 is 50.8. The van der Waals surface area contributed by atoms with Crippen LogP contribution in [0.3, 0.4) is 0 Å². The lowest BCUT2D eigenvalue weighted by atomic mass is 10.0. The Kier molecular flexibility index (Phi) is 7.98. The van der Waals surface area contributed by atoms with Gasteiger partial charge in [-0.3, -0.25) is 4.79 Å². The number of benzene rings is 2. The highest BCUT2D eigenvalue weighted by Crippen LogP contribution is 2.18. The van der Waals surface area contributed by atoms with Gasteiger partial charge in [0.1, 0.15) is 6.04 Å². The van der Waals surface area contributed by atoms with Gasteiger partial charge in [0.15, 0.2) is 0 Å². The molecular formula is C21H29N3O5S2. The van der Waals surface area contributed by atoms with Crippen molar-refractivity contribution in [2.24, 2.45) is 11.1 Å². The second-order valence-electron chi connectivity index (χ2n) is 7.96. The van der Waals surface area contributed by atoms with Crippen molar-refractivity contribution in [3.05, 3.63) is 59.7 Å². The van der Waals surface area contributed by atoms with E-state index in [1.54, 1.807) is 31.2 Å². The monoisotopic (exact) mass is 467 g/mol. The average molecular weight is 468 g/mol. The second-order valence-corrected chi connectivity index (χ2v) is 11.2. The van der Waals surface area contributed by atoms with E-state index in [0.29, 0.717) is 12.0 Å². The van der Waals surface area contributed by atoms with Crippen LogP contribution in [0.25, 0.3) is 0 Å². The van der Waals surface area contributed by atoms with Crippen LogP contribution in [0.15, 0.2) is 58.3 Å². The topological polar surface area (TPSA) is 135 Å². The fraction of sp³-hybridized carbons (Fsp3) is 0.381. The molecule has 0 spiro atoms. The quantitative estimate of drug-likeness (QED) is 0.520. The van der Waals surface area contributed by atoms with Crippen molar-refractivity contribution >= 4 is 26.0 Å². The van der Waals surface area contributed by atoms with E-state index in [4.69, 9.17) is 5.14 Å². The molecule has 4 N–H and O–H groups in total. The largest absolute Gasteiger partial charge is 0.348 e. The van der Waals surface area contributed by atoms with E-state index in [9.17, 15) is 21.6 Å². The third kappa shape index (κ3) is 7.13. The highest BCUT2D eigenvalue weighted by molar-refractivity contribution is 7.89. The predicted octanol–water partition coefficient (Wildman–Crippen LogP) is 2.21. The molecule has 0 bridgehead atoms. The first-order valence-electron chi connectivity index (χ1n) is 9.81. The van der Waals surface area contributed by atoms with Crippen molar-refractivity contribution in [3.8, 4) is 0 Å². The van der Waals surface area contributed by atoms with Crippen molar-refractivity contribution < 1.29 is 21.6 Å². The van der Waals surface area contributed by atoms with Gasteiger partial charge in [-0.15, -0.1) is 0 Å². The normalized spacial score (nSPS) is 14.3. The molecule has 0 radical (unpaired) electrons. The Balaban J connectivity index is 2.18. The van der Waals surface area contributed by atoms with Gasteiger partial charge in [0, 0.05) is 0 Å². The Hall–Kier alpha value is -2.27. The first-order chi connectivity index (χ1) is 14.3. The zero-order valence-electron chi connectivity index (χ0n) is 18.0. The van der Waals surface area contributed by atoms with Crippen LogP contribution >= 0.6 is 0 Å². The highest BCUT2D eigenvalue weighted by atomic mass is 32.2. The van der Waals surface area contributed by atoms with E-state index in [1.165, 1.54) is 24.3 Å². The van der Waals surface area contributed by atoms with Crippen molar-refractivity contribution in [3.63, 3.8) is 0 Å². The van der Waals surface area contributed by atoms with E-state index in [2.05, 4.69) is 10.0 Å². The van der Waals surface area contributed by atoms with Crippen LogP contribution in [0.1, 0.15) is 44.4 Å². The van der Waals surface area contributed by atoms with Gasteiger partial charge in [0.2, 0.25) is 26.0 Å². The van der Waals surface area contributed by atoms with Gasteiger partial charge in [-0.2, -0.15) is 4.72 Å². The summed E-state index contributed by atoms with van der Waals surface area (Å²) in [6, 6.07) is 10.8. The number of nitrogens with two attached hydrogens (primary N) is 1. The molecule has 0 fully saturated rings. The number of rotatable bonds is 9. The lowest BCUT2D eigenvalue weighted by Crippen LogP contribution is -2.47. The number of aryl methyl sites for hydroxylation is 1. The Morgan fingerprint density at radius 2 is 1.42 bits per heavy atom. The smallest absolute Gasteiger partial charge is 0.241 e. The van der Waals surface area contributed by atoms with Crippen molar-refractivity contribution in [2.75, 3.05) is 0 Å². The third-order valence-electron chi connectivity index (χ3n) is 4.72. The summed E-state index contributed by atoms with van der Waals surface area (Å²) in [5.74, 6) is -0.395. The van der Waals surface area contributed by atoms with Crippen LogP contribution < -0.4 is 15.2 Å². The Bertz CT molecular complexity index is 1110. The molecular weight excluding hydrogens is 438 g/mol. The summed E-state index contributed by atoms with van der Waals surface area (Å²) in [6.45, 7) is 7.38.